The van der Waals surface area contributed by atoms with Gasteiger partial charge >= 0.3 is 6.09 Å². The molecule has 0 aliphatic heterocycles. The van der Waals surface area contributed by atoms with Crippen molar-refractivity contribution in [2.45, 2.75) is 0 Å². The highest BCUT2D eigenvalue weighted by atomic mass is 16.5. The second kappa shape index (κ2) is 3.05. The molecule has 1 aromatic heterocycles. The summed E-state index contributed by atoms with van der Waals surface area (Å²) in [5.74, 6) is 0. The lowest BCUT2D eigenvalue weighted by Crippen LogP contribution is -2.10. The lowest BCUT2D eigenvalue weighted by Gasteiger charge is -1.97. The molecule has 11 heavy (non-hydrogen) atoms. The second-order valence-corrected chi connectivity index (χ2v) is 2.02. The predicted octanol–water partition coefficient (Wildman–Crippen LogP) is 0.598. The smallest absolute Gasteiger partial charge is 0.411 e. The first kappa shape index (κ1) is 7.59. The number of carbonyl (C=O) groups is 1. The van der Waals surface area contributed by atoms with Crippen LogP contribution in [0.3, 0.4) is 0 Å². The standard InChI is InChI=1S/C6H9N3O2/c1-9-4-5(3-7-9)8-6(10)11-2/h3-4H,1-2H3,(H,8,10). The summed E-state index contributed by atoms with van der Waals surface area (Å²) in [7, 11) is 3.08. The van der Waals surface area contributed by atoms with E-state index in [0.29, 0.717) is 5.69 Å². The third-order valence-corrected chi connectivity index (χ3v) is 1.14. The van der Waals surface area contributed by atoms with Crippen molar-refractivity contribution >= 4 is 11.8 Å². The molecular formula is C6H9N3O2. The minimum atomic E-state index is -0.488. The van der Waals surface area contributed by atoms with Crippen LogP contribution < -0.4 is 5.32 Å². The van der Waals surface area contributed by atoms with Gasteiger partial charge in [0.2, 0.25) is 0 Å². The fraction of sp³-hybridized carbons (Fsp3) is 0.333. The molecule has 0 saturated heterocycles. The molecule has 0 bridgehead atoms. The monoisotopic (exact) mass is 155 g/mol. The number of rotatable bonds is 1. The molecule has 0 aliphatic rings. The van der Waals surface area contributed by atoms with E-state index in [0.717, 1.165) is 0 Å². The molecule has 1 rings (SSSR count). The average molecular weight is 155 g/mol. The van der Waals surface area contributed by atoms with E-state index in [-0.39, 0.29) is 0 Å². The van der Waals surface area contributed by atoms with E-state index < -0.39 is 6.09 Å². The molecule has 5 nitrogen and oxygen atoms in total. The van der Waals surface area contributed by atoms with E-state index in [1.54, 1.807) is 17.9 Å². The Kier molecular flexibility index (Phi) is 2.10. The summed E-state index contributed by atoms with van der Waals surface area (Å²) in [6.45, 7) is 0. The third kappa shape index (κ3) is 1.96. The van der Waals surface area contributed by atoms with E-state index in [9.17, 15) is 4.79 Å². The Bertz CT molecular complexity index is 256. The highest BCUT2D eigenvalue weighted by Crippen LogP contribution is 2.02. The first-order chi connectivity index (χ1) is 5.22. The summed E-state index contributed by atoms with van der Waals surface area (Å²) in [6.07, 6.45) is 2.73. The van der Waals surface area contributed by atoms with Gasteiger partial charge in [0.05, 0.1) is 19.0 Å². The van der Waals surface area contributed by atoms with Crippen LogP contribution in [0.4, 0.5) is 10.5 Å². The number of aryl methyl sites for hydroxylation is 1. The lowest BCUT2D eigenvalue weighted by molar-refractivity contribution is 0.187. The van der Waals surface area contributed by atoms with Gasteiger partial charge in [-0.05, 0) is 0 Å². The van der Waals surface area contributed by atoms with Crippen molar-refractivity contribution in [2.75, 3.05) is 12.4 Å². The molecule has 1 N–H and O–H groups in total. The van der Waals surface area contributed by atoms with Crippen molar-refractivity contribution < 1.29 is 9.53 Å². The van der Waals surface area contributed by atoms with Crippen molar-refractivity contribution in [3.63, 3.8) is 0 Å². The maximum absolute atomic E-state index is 10.6. The number of amides is 1. The molecule has 0 saturated carbocycles. The number of methoxy groups -OCH3 is 1. The minimum absolute atomic E-state index is 0.488. The van der Waals surface area contributed by atoms with Gasteiger partial charge < -0.3 is 4.74 Å². The second-order valence-electron chi connectivity index (χ2n) is 2.02. The molecule has 0 atom stereocenters. The van der Waals surface area contributed by atoms with Crippen LogP contribution in [0, 0.1) is 0 Å². The largest absolute Gasteiger partial charge is 0.453 e. The van der Waals surface area contributed by atoms with Gasteiger partial charge in [-0.2, -0.15) is 5.10 Å². The summed E-state index contributed by atoms with van der Waals surface area (Å²) in [4.78, 5) is 10.6. The summed E-state index contributed by atoms with van der Waals surface area (Å²) < 4.78 is 5.96. The number of aromatic nitrogens is 2. The van der Waals surface area contributed by atoms with Crippen LogP contribution in [0.5, 0.6) is 0 Å². The Labute approximate surface area is 64.0 Å². The Hall–Kier alpha value is -1.52. The van der Waals surface area contributed by atoms with Gasteiger partial charge in [-0.3, -0.25) is 10.00 Å². The Morgan fingerprint density at radius 3 is 3.00 bits per heavy atom. The zero-order valence-corrected chi connectivity index (χ0v) is 6.37. The SMILES string of the molecule is COC(=O)Nc1cnn(C)c1. The van der Waals surface area contributed by atoms with Crippen LogP contribution in [0.2, 0.25) is 0 Å². The molecule has 0 aliphatic carbocycles. The van der Waals surface area contributed by atoms with Gasteiger partial charge in [0, 0.05) is 13.2 Å². The van der Waals surface area contributed by atoms with Gasteiger partial charge in [-0.15, -0.1) is 0 Å². The van der Waals surface area contributed by atoms with Crippen molar-refractivity contribution in [2.24, 2.45) is 7.05 Å². The van der Waals surface area contributed by atoms with Crippen LogP contribution in [-0.4, -0.2) is 23.0 Å². The quantitative estimate of drug-likeness (QED) is 0.646. The predicted molar refractivity (Wildman–Crippen MR) is 39.2 cm³/mol. The molecule has 1 heterocycles. The van der Waals surface area contributed by atoms with Crippen molar-refractivity contribution in [3.8, 4) is 0 Å². The number of hydrogen-bond donors (Lipinski definition) is 1. The average Bonchev–Trinajstić information content (AvgIpc) is 2.35. The Morgan fingerprint density at radius 1 is 1.82 bits per heavy atom. The van der Waals surface area contributed by atoms with Crippen LogP contribution >= 0.6 is 0 Å². The lowest BCUT2D eigenvalue weighted by atomic mass is 10.6. The van der Waals surface area contributed by atoms with E-state index in [1.165, 1.54) is 13.3 Å². The van der Waals surface area contributed by atoms with Crippen molar-refractivity contribution in [1.29, 1.82) is 0 Å². The van der Waals surface area contributed by atoms with Crippen LogP contribution in [0.15, 0.2) is 12.4 Å². The van der Waals surface area contributed by atoms with Gasteiger partial charge in [0.1, 0.15) is 0 Å². The number of anilines is 1. The molecule has 5 heteroatoms. The first-order valence-corrected chi connectivity index (χ1v) is 3.06. The van der Waals surface area contributed by atoms with Crippen molar-refractivity contribution in [1.82, 2.24) is 9.78 Å². The molecule has 60 valence electrons. The molecule has 0 aromatic carbocycles. The first-order valence-electron chi connectivity index (χ1n) is 3.06. The van der Waals surface area contributed by atoms with Gasteiger partial charge in [-0.25, -0.2) is 4.79 Å². The van der Waals surface area contributed by atoms with Crippen LogP contribution in [0.25, 0.3) is 0 Å². The van der Waals surface area contributed by atoms with E-state index >= 15 is 0 Å². The van der Waals surface area contributed by atoms with E-state index in [4.69, 9.17) is 0 Å². The Morgan fingerprint density at radius 2 is 2.55 bits per heavy atom. The number of carbonyl (C=O) groups excluding carboxylic acids is 1. The molecule has 1 aromatic rings. The van der Waals surface area contributed by atoms with E-state index in [2.05, 4.69) is 15.2 Å². The topological polar surface area (TPSA) is 56.1 Å². The van der Waals surface area contributed by atoms with Gasteiger partial charge in [0.25, 0.3) is 0 Å². The summed E-state index contributed by atoms with van der Waals surface area (Å²) in [6, 6.07) is 0. The maximum Gasteiger partial charge on any atom is 0.411 e. The number of hydrogen-bond acceptors (Lipinski definition) is 3. The van der Waals surface area contributed by atoms with Gasteiger partial charge in [-0.1, -0.05) is 0 Å². The molecule has 0 spiro atoms. The van der Waals surface area contributed by atoms with Crippen molar-refractivity contribution in [3.05, 3.63) is 12.4 Å². The third-order valence-electron chi connectivity index (χ3n) is 1.14. The Balaban J connectivity index is 2.57. The number of nitrogens with zero attached hydrogens (tertiary/aromatic N) is 2. The highest BCUT2D eigenvalue weighted by Gasteiger charge is 2.00. The summed E-state index contributed by atoms with van der Waals surface area (Å²) in [5, 5.41) is 6.32. The minimum Gasteiger partial charge on any atom is -0.453 e. The fourth-order valence-electron chi connectivity index (χ4n) is 0.655. The molecule has 0 radical (unpaired) electrons. The van der Waals surface area contributed by atoms with E-state index in [1.807, 2.05) is 0 Å². The van der Waals surface area contributed by atoms with Crippen LogP contribution in [0.1, 0.15) is 0 Å². The fourth-order valence-corrected chi connectivity index (χ4v) is 0.655. The summed E-state index contributed by atoms with van der Waals surface area (Å²) in [5.41, 5.74) is 0.624. The summed E-state index contributed by atoms with van der Waals surface area (Å²) >= 11 is 0. The zero-order valence-electron chi connectivity index (χ0n) is 6.37. The normalized spacial score (nSPS) is 9.27. The maximum atomic E-state index is 10.6. The zero-order chi connectivity index (χ0) is 8.27. The number of nitrogens with one attached hydrogen (secondary N) is 1. The highest BCUT2D eigenvalue weighted by molar-refractivity contribution is 5.83. The molecular weight excluding hydrogens is 146 g/mol. The van der Waals surface area contributed by atoms with Crippen LogP contribution in [-0.2, 0) is 11.8 Å². The van der Waals surface area contributed by atoms with Gasteiger partial charge in [0.15, 0.2) is 0 Å². The molecule has 0 fully saturated rings. The number of ether oxygens (including phenoxy) is 1. The molecule has 1 amide bonds. The molecule has 0 unspecified atom stereocenters.